The highest BCUT2D eigenvalue weighted by Crippen LogP contribution is 2.29. The molecule has 0 saturated carbocycles. The fourth-order valence-corrected chi connectivity index (χ4v) is 3.99. The summed E-state index contributed by atoms with van der Waals surface area (Å²) in [5.41, 5.74) is 2.47. The fourth-order valence-electron chi connectivity index (χ4n) is 2.45. The third-order valence-corrected chi connectivity index (χ3v) is 5.60. The number of thiazole rings is 1. The minimum Gasteiger partial charge on any atom is -0.494 e. The third-order valence-electron chi connectivity index (χ3n) is 3.84. The van der Waals surface area contributed by atoms with E-state index in [9.17, 15) is 5.26 Å². The van der Waals surface area contributed by atoms with Crippen LogP contribution in [0.3, 0.4) is 0 Å². The fraction of sp³-hybridized carbons (Fsp3) is 0.238. The van der Waals surface area contributed by atoms with Gasteiger partial charge in [0.25, 0.3) is 0 Å². The van der Waals surface area contributed by atoms with Crippen molar-refractivity contribution >= 4 is 34.3 Å². The van der Waals surface area contributed by atoms with Crippen molar-refractivity contribution in [2.75, 3.05) is 6.61 Å². The van der Waals surface area contributed by atoms with Gasteiger partial charge in [0.05, 0.1) is 22.8 Å². The molecule has 3 aromatic rings. The van der Waals surface area contributed by atoms with Gasteiger partial charge in [0.2, 0.25) is 0 Å². The lowest BCUT2D eigenvalue weighted by Crippen LogP contribution is -1.96. The Hall–Kier alpha value is -2.42. The summed E-state index contributed by atoms with van der Waals surface area (Å²) in [4.78, 5) is 5.73. The molecule has 5 heteroatoms. The first-order chi connectivity index (χ1) is 12.8. The number of nitriles is 1. The highest BCUT2D eigenvalue weighted by atomic mass is 32.1. The molecule has 3 rings (SSSR count). The molecule has 0 aliphatic heterocycles. The normalized spacial score (nSPS) is 11.3. The average Bonchev–Trinajstić information content (AvgIpc) is 3.36. The van der Waals surface area contributed by atoms with Gasteiger partial charge in [-0.05, 0) is 41.6 Å². The SMILES string of the molecule is CCCCCOc1ccc(/C=C(/C#N)c2nc(-c3cccs3)cs2)cc1. The number of thiophene rings is 1. The molecule has 0 aliphatic rings. The molecule has 3 nitrogen and oxygen atoms in total. The monoisotopic (exact) mass is 380 g/mol. The van der Waals surface area contributed by atoms with Crippen LogP contribution < -0.4 is 4.74 Å². The van der Waals surface area contributed by atoms with Crippen LogP contribution in [0.25, 0.3) is 22.2 Å². The summed E-state index contributed by atoms with van der Waals surface area (Å²) in [5, 5.41) is 14.3. The Bertz CT molecular complexity index is 887. The van der Waals surface area contributed by atoms with Crippen LogP contribution in [-0.4, -0.2) is 11.6 Å². The lowest BCUT2D eigenvalue weighted by molar-refractivity contribution is 0.306. The summed E-state index contributed by atoms with van der Waals surface area (Å²) in [5.74, 6) is 0.867. The topological polar surface area (TPSA) is 45.9 Å². The Labute approximate surface area is 162 Å². The van der Waals surface area contributed by atoms with Crippen LogP contribution in [0.4, 0.5) is 0 Å². The predicted molar refractivity (Wildman–Crippen MR) is 110 cm³/mol. The largest absolute Gasteiger partial charge is 0.494 e. The number of hydrogen-bond acceptors (Lipinski definition) is 5. The molecular formula is C21H20N2OS2. The van der Waals surface area contributed by atoms with Crippen molar-refractivity contribution in [2.45, 2.75) is 26.2 Å². The van der Waals surface area contributed by atoms with E-state index < -0.39 is 0 Å². The second-order valence-corrected chi connectivity index (χ2v) is 7.62. The van der Waals surface area contributed by atoms with Crippen molar-refractivity contribution in [3.05, 3.63) is 57.7 Å². The van der Waals surface area contributed by atoms with Gasteiger partial charge in [0, 0.05) is 5.38 Å². The summed E-state index contributed by atoms with van der Waals surface area (Å²) in [6, 6.07) is 14.2. The van der Waals surface area contributed by atoms with Gasteiger partial charge in [-0.3, -0.25) is 0 Å². The molecular weight excluding hydrogens is 360 g/mol. The van der Waals surface area contributed by atoms with Gasteiger partial charge < -0.3 is 4.74 Å². The molecule has 0 saturated heterocycles. The molecule has 2 heterocycles. The molecule has 0 atom stereocenters. The molecule has 1 aromatic carbocycles. The van der Waals surface area contributed by atoms with Crippen LogP contribution in [0.1, 0.15) is 36.8 Å². The summed E-state index contributed by atoms with van der Waals surface area (Å²) in [6.07, 6.45) is 5.33. The van der Waals surface area contributed by atoms with Gasteiger partial charge in [-0.25, -0.2) is 4.98 Å². The minimum atomic E-state index is 0.578. The summed E-state index contributed by atoms with van der Waals surface area (Å²) in [6.45, 7) is 2.93. The van der Waals surface area contributed by atoms with Crippen LogP contribution in [0.5, 0.6) is 5.75 Å². The van der Waals surface area contributed by atoms with Crippen LogP contribution in [-0.2, 0) is 0 Å². The van der Waals surface area contributed by atoms with E-state index in [-0.39, 0.29) is 0 Å². The molecule has 2 aromatic heterocycles. The van der Waals surface area contributed by atoms with Gasteiger partial charge in [-0.15, -0.1) is 22.7 Å². The van der Waals surface area contributed by atoms with E-state index in [0.717, 1.165) is 39.9 Å². The lowest BCUT2D eigenvalue weighted by Gasteiger charge is -2.05. The summed E-state index contributed by atoms with van der Waals surface area (Å²) >= 11 is 3.15. The average molecular weight is 381 g/mol. The maximum Gasteiger partial charge on any atom is 0.134 e. The number of ether oxygens (including phenoxy) is 1. The first kappa shape index (κ1) is 18.4. The Balaban J connectivity index is 1.70. The molecule has 0 bridgehead atoms. The molecule has 132 valence electrons. The molecule has 0 radical (unpaired) electrons. The predicted octanol–water partition coefficient (Wildman–Crippen LogP) is 6.50. The van der Waals surface area contributed by atoms with Crippen LogP contribution in [0.2, 0.25) is 0 Å². The van der Waals surface area contributed by atoms with Crippen LogP contribution in [0, 0.1) is 11.3 Å². The van der Waals surface area contributed by atoms with Gasteiger partial charge in [-0.1, -0.05) is 38.0 Å². The molecule has 0 fully saturated rings. The van der Waals surface area contributed by atoms with Crippen molar-refractivity contribution in [3.8, 4) is 22.4 Å². The van der Waals surface area contributed by atoms with E-state index in [1.165, 1.54) is 24.2 Å². The standard InChI is InChI=1S/C21H20N2OS2/c1-2-3-4-11-24-18-9-7-16(8-10-18)13-17(14-22)21-23-19(15-26-21)20-6-5-12-25-20/h5-10,12-13,15H,2-4,11H2,1H3/b17-13-. The number of unbranched alkanes of at least 4 members (excludes halogenated alkanes) is 2. The third kappa shape index (κ3) is 4.81. The van der Waals surface area contributed by atoms with E-state index in [1.807, 2.05) is 53.2 Å². The van der Waals surface area contributed by atoms with Gasteiger partial charge >= 0.3 is 0 Å². The van der Waals surface area contributed by atoms with Crippen molar-refractivity contribution < 1.29 is 4.74 Å². The minimum absolute atomic E-state index is 0.578. The molecule has 26 heavy (non-hydrogen) atoms. The Kier molecular flexibility index (Phi) is 6.59. The first-order valence-electron chi connectivity index (χ1n) is 8.64. The summed E-state index contributed by atoms with van der Waals surface area (Å²) in [7, 11) is 0. The first-order valence-corrected chi connectivity index (χ1v) is 10.4. The van der Waals surface area contributed by atoms with Crippen molar-refractivity contribution in [2.24, 2.45) is 0 Å². The molecule has 0 unspecified atom stereocenters. The second-order valence-electron chi connectivity index (χ2n) is 5.81. The number of aromatic nitrogens is 1. The van der Waals surface area contributed by atoms with E-state index in [1.54, 1.807) is 11.3 Å². The summed E-state index contributed by atoms with van der Waals surface area (Å²) < 4.78 is 5.73. The van der Waals surface area contributed by atoms with Crippen molar-refractivity contribution in [1.82, 2.24) is 4.98 Å². The number of allylic oxidation sites excluding steroid dienone is 1. The second kappa shape index (κ2) is 9.33. The number of rotatable bonds is 8. The molecule has 0 spiro atoms. The smallest absolute Gasteiger partial charge is 0.134 e. The van der Waals surface area contributed by atoms with E-state index in [4.69, 9.17) is 4.74 Å². The number of hydrogen-bond donors (Lipinski definition) is 0. The van der Waals surface area contributed by atoms with Gasteiger partial charge in [-0.2, -0.15) is 5.26 Å². The van der Waals surface area contributed by atoms with E-state index >= 15 is 0 Å². The maximum absolute atomic E-state index is 9.53. The zero-order valence-corrected chi connectivity index (χ0v) is 16.3. The molecule has 0 aliphatic carbocycles. The Morgan fingerprint density at radius 1 is 1.19 bits per heavy atom. The van der Waals surface area contributed by atoms with Crippen molar-refractivity contribution in [1.29, 1.82) is 5.26 Å². The van der Waals surface area contributed by atoms with Gasteiger partial charge in [0.1, 0.15) is 16.8 Å². The zero-order chi connectivity index (χ0) is 18.2. The maximum atomic E-state index is 9.53. The number of nitrogens with zero attached hydrogens (tertiary/aromatic N) is 2. The number of benzene rings is 1. The highest BCUT2D eigenvalue weighted by molar-refractivity contribution is 7.14. The lowest BCUT2D eigenvalue weighted by atomic mass is 10.1. The Morgan fingerprint density at radius 2 is 2.04 bits per heavy atom. The van der Waals surface area contributed by atoms with E-state index in [0.29, 0.717) is 5.57 Å². The van der Waals surface area contributed by atoms with Crippen LogP contribution >= 0.6 is 22.7 Å². The van der Waals surface area contributed by atoms with E-state index in [2.05, 4.69) is 18.0 Å². The Morgan fingerprint density at radius 3 is 2.73 bits per heavy atom. The molecule has 0 amide bonds. The zero-order valence-electron chi connectivity index (χ0n) is 14.6. The quantitative estimate of drug-likeness (QED) is 0.331. The molecule has 0 N–H and O–H groups in total. The van der Waals surface area contributed by atoms with Crippen molar-refractivity contribution in [3.63, 3.8) is 0 Å². The van der Waals surface area contributed by atoms with Crippen LogP contribution in [0.15, 0.2) is 47.2 Å². The highest BCUT2D eigenvalue weighted by Gasteiger charge is 2.09. The van der Waals surface area contributed by atoms with Gasteiger partial charge in [0.15, 0.2) is 0 Å².